The van der Waals surface area contributed by atoms with Gasteiger partial charge in [-0.25, -0.2) is 0 Å². The molecule has 0 saturated heterocycles. The maximum atomic E-state index is 11.7. The Morgan fingerprint density at radius 1 is 1.40 bits per heavy atom. The van der Waals surface area contributed by atoms with Crippen LogP contribution in [-0.4, -0.2) is 12.1 Å². The van der Waals surface area contributed by atoms with Gasteiger partial charge in [0, 0.05) is 5.92 Å². The molecule has 0 unspecified atom stereocenters. The number of hydrogen-bond acceptors (Lipinski definition) is 2. The molecule has 1 aromatic carbocycles. The molecule has 1 heterocycles. The van der Waals surface area contributed by atoms with E-state index >= 15 is 0 Å². The second-order valence-corrected chi connectivity index (χ2v) is 4.26. The quantitative estimate of drug-likeness (QED) is 0.762. The van der Waals surface area contributed by atoms with Gasteiger partial charge in [0.05, 0.1) is 5.56 Å². The van der Waals surface area contributed by atoms with Crippen molar-refractivity contribution in [2.45, 2.75) is 27.0 Å². The van der Waals surface area contributed by atoms with E-state index in [2.05, 4.69) is 5.32 Å². The van der Waals surface area contributed by atoms with E-state index in [1.54, 1.807) is 6.07 Å². The van der Waals surface area contributed by atoms with Crippen LogP contribution in [0.4, 0.5) is 0 Å². The first-order chi connectivity index (χ1) is 7.08. The number of fused-ring (bicyclic) bond motifs is 1. The van der Waals surface area contributed by atoms with Gasteiger partial charge in [0.15, 0.2) is 6.23 Å². The lowest BCUT2D eigenvalue weighted by Crippen LogP contribution is -2.46. The lowest BCUT2D eigenvalue weighted by atomic mass is 10.1. The Morgan fingerprint density at radius 3 is 2.80 bits per heavy atom. The summed E-state index contributed by atoms with van der Waals surface area (Å²) in [5.74, 6) is 0.912. The molecule has 1 aliphatic heterocycles. The van der Waals surface area contributed by atoms with Crippen molar-refractivity contribution in [2.75, 3.05) is 0 Å². The summed E-state index contributed by atoms with van der Waals surface area (Å²) in [7, 11) is 0. The zero-order chi connectivity index (χ0) is 11.0. The first-order valence-corrected chi connectivity index (χ1v) is 5.16. The van der Waals surface area contributed by atoms with Crippen LogP contribution in [0.1, 0.15) is 29.8 Å². The molecule has 80 valence electrons. The van der Waals surface area contributed by atoms with Crippen molar-refractivity contribution < 1.29 is 9.53 Å². The van der Waals surface area contributed by atoms with Crippen molar-refractivity contribution in [1.82, 2.24) is 5.32 Å². The Labute approximate surface area is 89.4 Å². The second kappa shape index (κ2) is 3.57. The molecule has 1 aromatic rings. The average Bonchev–Trinajstić information content (AvgIpc) is 2.16. The molecule has 0 saturated carbocycles. The predicted octanol–water partition coefficient (Wildman–Crippen LogP) is 2.10. The van der Waals surface area contributed by atoms with E-state index in [0.29, 0.717) is 11.3 Å². The van der Waals surface area contributed by atoms with Crippen molar-refractivity contribution in [2.24, 2.45) is 5.92 Å². The zero-order valence-corrected chi connectivity index (χ0v) is 9.20. The standard InChI is InChI=1S/C12H15NO2/c1-7(2)12-13-11(14)9-5-4-8(3)6-10(9)15-12/h4-7,12H,1-3H3,(H,13,14)/t12-/m1/s1. The minimum Gasteiger partial charge on any atom is -0.470 e. The van der Waals surface area contributed by atoms with Crippen LogP contribution >= 0.6 is 0 Å². The molecule has 15 heavy (non-hydrogen) atoms. The van der Waals surface area contributed by atoms with E-state index in [-0.39, 0.29) is 18.1 Å². The normalized spacial score (nSPS) is 19.5. The van der Waals surface area contributed by atoms with Crippen molar-refractivity contribution in [3.05, 3.63) is 29.3 Å². The lowest BCUT2D eigenvalue weighted by molar-refractivity contribution is 0.0643. The molecule has 0 aromatic heterocycles. The summed E-state index contributed by atoms with van der Waals surface area (Å²) in [5.41, 5.74) is 1.73. The van der Waals surface area contributed by atoms with E-state index < -0.39 is 0 Å². The van der Waals surface area contributed by atoms with Gasteiger partial charge in [0.1, 0.15) is 5.75 Å². The molecule has 1 atom stereocenters. The van der Waals surface area contributed by atoms with Gasteiger partial charge in [-0.1, -0.05) is 19.9 Å². The van der Waals surface area contributed by atoms with Crippen LogP contribution in [0.5, 0.6) is 5.75 Å². The minimum absolute atomic E-state index is 0.0463. The summed E-state index contributed by atoms with van der Waals surface area (Å²) in [5, 5.41) is 2.83. The highest BCUT2D eigenvalue weighted by Crippen LogP contribution is 2.26. The summed E-state index contributed by atoms with van der Waals surface area (Å²) in [4.78, 5) is 11.7. The van der Waals surface area contributed by atoms with E-state index in [9.17, 15) is 4.79 Å². The minimum atomic E-state index is -0.216. The molecule has 0 radical (unpaired) electrons. The number of aryl methyl sites for hydroxylation is 1. The predicted molar refractivity (Wildman–Crippen MR) is 57.9 cm³/mol. The van der Waals surface area contributed by atoms with Crippen LogP contribution in [0.3, 0.4) is 0 Å². The van der Waals surface area contributed by atoms with Crippen molar-refractivity contribution in [3.63, 3.8) is 0 Å². The zero-order valence-electron chi connectivity index (χ0n) is 9.20. The largest absolute Gasteiger partial charge is 0.470 e. The Hall–Kier alpha value is -1.51. The number of nitrogens with one attached hydrogen (secondary N) is 1. The number of amides is 1. The fourth-order valence-electron chi connectivity index (χ4n) is 1.59. The summed E-state index contributed by atoms with van der Waals surface area (Å²) < 4.78 is 5.71. The molecule has 0 bridgehead atoms. The van der Waals surface area contributed by atoms with Crippen LogP contribution in [0.2, 0.25) is 0 Å². The first kappa shape index (κ1) is 10.0. The van der Waals surface area contributed by atoms with E-state index in [0.717, 1.165) is 5.56 Å². The second-order valence-electron chi connectivity index (χ2n) is 4.26. The van der Waals surface area contributed by atoms with Gasteiger partial charge in [-0.05, 0) is 24.6 Å². The highest BCUT2D eigenvalue weighted by atomic mass is 16.5. The highest BCUT2D eigenvalue weighted by Gasteiger charge is 2.27. The monoisotopic (exact) mass is 205 g/mol. The number of carbonyl (C=O) groups excluding carboxylic acids is 1. The van der Waals surface area contributed by atoms with Crippen LogP contribution in [0.15, 0.2) is 18.2 Å². The Bertz CT molecular complexity index is 399. The Morgan fingerprint density at radius 2 is 2.13 bits per heavy atom. The Balaban J connectivity index is 2.37. The van der Waals surface area contributed by atoms with Crippen molar-refractivity contribution >= 4 is 5.91 Å². The van der Waals surface area contributed by atoms with E-state index in [1.165, 1.54) is 0 Å². The maximum absolute atomic E-state index is 11.7. The van der Waals surface area contributed by atoms with Gasteiger partial charge in [-0.3, -0.25) is 4.79 Å². The molecule has 0 aliphatic carbocycles. The summed E-state index contributed by atoms with van der Waals surface area (Å²) >= 11 is 0. The molecular formula is C12H15NO2. The number of ether oxygens (including phenoxy) is 1. The van der Waals surface area contributed by atoms with Crippen LogP contribution in [0.25, 0.3) is 0 Å². The van der Waals surface area contributed by atoms with Gasteiger partial charge in [0.25, 0.3) is 5.91 Å². The molecule has 0 fully saturated rings. The summed E-state index contributed by atoms with van der Waals surface area (Å²) in [6, 6.07) is 5.62. The van der Waals surface area contributed by atoms with Crippen LogP contribution in [0, 0.1) is 12.8 Å². The highest BCUT2D eigenvalue weighted by molar-refractivity contribution is 5.98. The van der Waals surface area contributed by atoms with Gasteiger partial charge in [0.2, 0.25) is 0 Å². The molecule has 1 N–H and O–H groups in total. The third-order valence-corrected chi connectivity index (χ3v) is 2.51. The lowest BCUT2D eigenvalue weighted by Gasteiger charge is -2.29. The average molecular weight is 205 g/mol. The van der Waals surface area contributed by atoms with Gasteiger partial charge in [-0.15, -0.1) is 0 Å². The van der Waals surface area contributed by atoms with E-state index in [1.807, 2.05) is 32.9 Å². The molecule has 2 rings (SSSR count). The fraction of sp³-hybridized carbons (Fsp3) is 0.417. The Kier molecular flexibility index (Phi) is 2.39. The topological polar surface area (TPSA) is 38.3 Å². The summed E-state index contributed by atoms with van der Waals surface area (Å²) in [6.07, 6.45) is -0.216. The maximum Gasteiger partial charge on any atom is 0.257 e. The molecule has 1 amide bonds. The SMILES string of the molecule is Cc1ccc2c(c1)O[C@H](C(C)C)NC2=O. The number of carbonyl (C=O) groups is 1. The number of rotatable bonds is 1. The molecule has 0 spiro atoms. The van der Waals surface area contributed by atoms with Crippen LogP contribution < -0.4 is 10.1 Å². The third-order valence-electron chi connectivity index (χ3n) is 2.51. The van der Waals surface area contributed by atoms with Crippen molar-refractivity contribution in [3.8, 4) is 5.75 Å². The van der Waals surface area contributed by atoms with Gasteiger partial charge < -0.3 is 10.1 Å². The fourth-order valence-corrected chi connectivity index (χ4v) is 1.59. The van der Waals surface area contributed by atoms with E-state index in [4.69, 9.17) is 4.74 Å². The third kappa shape index (κ3) is 1.82. The molecule has 3 heteroatoms. The number of hydrogen-bond donors (Lipinski definition) is 1. The smallest absolute Gasteiger partial charge is 0.257 e. The molecular weight excluding hydrogens is 190 g/mol. The summed E-state index contributed by atoms with van der Waals surface area (Å²) in [6.45, 7) is 6.03. The van der Waals surface area contributed by atoms with Gasteiger partial charge in [-0.2, -0.15) is 0 Å². The molecule has 1 aliphatic rings. The van der Waals surface area contributed by atoms with Gasteiger partial charge >= 0.3 is 0 Å². The first-order valence-electron chi connectivity index (χ1n) is 5.16. The van der Waals surface area contributed by atoms with Crippen molar-refractivity contribution in [1.29, 1.82) is 0 Å². The van der Waals surface area contributed by atoms with Crippen LogP contribution in [-0.2, 0) is 0 Å². The number of benzene rings is 1. The molecule has 3 nitrogen and oxygen atoms in total.